The molecule has 1 amide bonds. The van der Waals surface area contributed by atoms with Gasteiger partial charge in [0.2, 0.25) is 5.91 Å². The number of piperidine rings is 1. The number of rotatable bonds is 5. The lowest BCUT2D eigenvalue weighted by atomic mass is 9.93. The van der Waals surface area contributed by atoms with Crippen molar-refractivity contribution in [2.45, 2.75) is 56.0 Å². The van der Waals surface area contributed by atoms with Crippen molar-refractivity contribution < 1.29 is 13.2 Å². The second kappa shape index (κ2) is 8.80. The van der Waals surface area contributed by atoms with E-state index in [1.165, 1.54) is 24.4 Å². The Bertz CT molecular complexity index is 1300. The minimum Gasteiger partial charge on any atom is -0.343 e. The van der Waals surface area contributed by atoms with Crippen LogP contribution in [0.4, 0.5) is 0 Å². The SMILES string of the molecule is Cn1c(S(=O)(=O)CCC(=O)N2CCC(c3cnc4n3CCCC4)CC2)cc2cc(Cl)ccc21. The third-order valence-corrected chi connectivity index (χ3v) is 9.14. The van der Waals surface area contributed by atoms with Crippen molar-refractivity contribution in [1.82, 2.24) is 19.0 Å². The zero-order valence-electron chi connectivity index (χ0n) is 18.8. The van der Waals surface area contributed by atoms with Crippen molar-refractivity contribution in [3.63, 3.8) is 0 Å². The van der Waals surface area contributed by atoms with Crippen LogP contribution in [0.15, 0.2) is 35.5 Å². The summed E-state index contributed by atoms with van der Waals surface area (Å²) in [6, 6.07) is 6.94. The smallest absolute Gasteiger partial charge is 0.223 e. The first kappa shape index (κ1) is 22.5. The zero-order valence-corrected chi connectivity index (χ0v) is 20.4. The highest BCUT2D eigenvalue weighted by Gasteiger charge is 2.29. The van der Waals surface area contributed by atoms with Crippen LogP contribution in [0.25, 0.3) is 10.9 Å². The van der Waals surface area contributed by atoms with Crippen LogP contribution in [0, 0.1) is 0 Å². The largest absolute Gasteiger partial charge is 0.343 e. The standard InChI is InChI=1S/C24H29ClN4O3S/c1-27-20-6-5-19(25)14-18(20)15-24(27)33(31,32)13-9-23(30)28-11-7-17(8-12-28)21-16-26-22-4-2-3-10-29(21)22/h5-6,14-17H,2-4,7-13H2,1H3. The molecule has 9 heteroatoms. The number of hydrogen-bond acceptors (Lipinski definition) is 4. The van der Waals surface area contributed by atoms with E-state index in [0.717, 1.165) is 36.7 Å². The summed E-state index contributed by atoms with van der Waals surface area (Å²) in [4.78, 5) is 19.2. The summed E-state index contributed by atoms with van der Waals surface area (Å²) >= 11 is 6.05. The quantitative estimate of drug-likeness (QED) is 0.545. The maximum atomic E-state index is 13.0. The van der Waals surface area contributed by atoms with E-state index in [-0.39, 0.29) is 23.1 Å². The van der Waals surface area contributed by atoms with Crippen LogP contribution in [0.1, 0.15) is 49.5 Å². The maximum Gasteiger partial charge on any atom is 0.223 e. The third-order valence-electron chi connectivity index (χ3n) is 7.13. The van der Waals surface area contributed by atoms with Crippen LogP contribution in [0.5, 0.6) is 0 Å². The lowest BCUT2D eigenvalue weighted by Gasteiger charge is -2.33. The number of fused-ring (bicyclic) bond motifs is 2. The van der Waals surface area contributed by atoms with Crippen molar-refractivity contribution in [1.29, 1.82) is 0 Å². The number of amides is 1. The summed E-state index contributed by atoms with van der Waals surface area (Å²) in [6.45, 7) is 2.37. The fourth-order valence-corrected chi connectivity index (χ4v) is 6.92. The number of hydrogen-bond donors (Lipinski definition) is 0. The highest BCUT2D eigenvalue weighted by molar-refractivity contribution is 7.91. The van der Waals surface area contributed by atoms with E-state index < -0.39 is 9.84 Å². The molecule has 3 aromatic rings. The molecule has 0 atom stereocenters. The van der Waals surface area contributed by atoms with Crippen molar-refractivity contribution in [3.8, 4) is 0 Å². The number of imidazole rings is 1. The summed E-state index contributed by atoms with van der Waals surface area (Å²) in [6.07, 6.45) is 7.27. The molecule has 0 unspecified atom stereocenters. The molecule has 0 saturated carbocycles. The first-order valence-electron chi connectivity index (χ1n) is 11.6. The van der Waals surface area contributed by atoms with Gasteiger partial charge in [0.15, 0.2) is 9.84 Å². The molecule has 33 heavy (non-hydrogen) atoms. The molecule has 7 nitrogen and oxygen atoms in total. The van der Waals surface area contributed by atoms with Crippen LogP contribution < -0.4 is 0 Å². The van der Waals surface area contributed by atoms with E-state index in [1.807, 2.05) is 17.2 Å². The van der Waals surface area contributed by atoms with Crippen LogP contribution in [-0.4, -0.2) is 52.2 Å². The number of halogens is 1. The van der Waals surface area contributed by atoms with Crippen LogP contribution in [-0.2, 0) is 34.6 Å². The number of aryl methyl sites for hydroxylation is 2. The highest BCUT2D eigenvalue weighted by atomic mass is 35.5. The Morgan fingerprint density at radius 2 is 1.94 bits per heavy atom. The molecular weight excluding hydrogens is 460 g/mol. The lowest BCUT2D eigenvalue weighted by molar-refractivity contribution is -0.131. The van der Waals surface area contributed by atoms with Gasteiger partial charge in [0.25, 0.3) is 0 Å². The fourth-order valence-electron chi connectivity index (χ4n) is 5.27. The van der Waals surface area contributed by atoms with Gasteiger partial charge in [-0.3, -0.25) is 4.79 Å². The van der Waals surface area contributed by atoms with Crippen molar-refractivity contribution in [2.24, 2.45) is 7.05 Å². The molecule has 2 aromatic heterocycles. The molecule has 1 saturated heterocycles. The number of benzene rings is 1. The molecule has 1 fully saturated rings. The first-order chi connectivity index (χ1) is 15.8. The molecule has 0 spiro atoms. The van der Waals surface area contributed by atoms with Crippen LogP contribution in [0.3, 0.4) is 0 Å². The van der Waals surface area contributed by atoms with Crippen LogP contribution >= 0.6 is 11.6 Å². The highest BCUT2D eigenvalue weighted by Crippen LogP contribution is 2.31. The van der Waals surface area contributed by atoms with Gasteiger partial charge in [0.05, 0.1) is 5.75 Å². The summed E-state index contributed by atoms with van der Waals surface area (Å²) in [5.74, 6) is 1.32. The predicted molar refractivity (Wildman–Crippen MR) is 128 cm³/mol. The third kappa shape index (κ3) is 4.30. The Hall–Kier alpha value is -2.32. The molecule has 5 rings (SSSR count). The Labute approximate surface area is 199 Å². The predicted octanol–water partition coefficient (Wildman–Crippen LogP) is 3.93. The zero-order chi connectivity index (χ0) is 23.2. The number of aromatic nitrogens is 3. The van der Waals surface area contributed by atoms with Crippen LogP contribution in [0.2, 0.25) is 5.02 Å². The Balaban J connectivity index is 1.20. The molecule has 1 aromatic carbocycles. The first-order valence-corrected chi connectivity index (χ1v) is 13.7. The van der Waals surface area contributed by atoms with Gasteiger partial charge < -0.3 is 14.0 Å². The van der Waals surface area contributed by atoms with Crippen molar-refractivity contribution >= 4 is 38.2 Å². The Morgan fingerprint density at radius 3 is 2.73 bits per heavy atom. The monoisotopic (exact) mass is 488 g/mol. The van der Waals surface area contributed by atoms with Gasteiger partial charge in [-0.05, 0) is 49.9 Å². The number of sulfone groups is 1. The summed E-state index contributed by atoms with van der Waals surface area (Å²) in [5.41, 5.74) is 2.10. The maximum absolute atomic E-state index is 13.0. The Kier molecular flexibility index (Phi) is 5.99. The van der Waals surface area contributed by atoms with Gasteiger partial charge in [-0.15, -0.1) is 0 Å². The van der Waals surface area contributed by atoms with E-state index in [0.29, 0.717) is 24.0 Å². The summed E-state index contributed by atoms with van der Waals surface area (Å²) in [5, 5.41) is 1.56. The number of nitrogens with zero attached hydrogens (tertiary/aromatic N) is 4. The summed E-state index contributed by atoms with van der Waals surface area (Å²) in [7, 11) is -1.87. The lowest BCUT2D eigenvalue weighted by Crippen LogP contribution is -2.39. The van der Waals surface area contributed by atoms with E-state index >= 15 is 0 Å². The Morgan fingerprint density at radius 1 is 1.15 bits per heavy atom. The topological polar surface area (TPSA) is 77.2 Å². The van der Waals surface area contributed by atoms with Gasteiger partial charge in [-0.1, -0.05) is 11.6 Å². The van der Waals surface area contributed by atoms with Crippen molar-refractivity contribution in [3.05, 3.63) is 47.0 Å². The van der Waals surface area contributed by atoms with Gasteiger partial charge in [-0.25, -0.2) is 13.4 Å². The van der Waals surface area contributed by atoms with E-state index in [1.54, 1.807) is 29.8 Å². The molecule has 4 heterocycles. The molecule has 0 radical (unpaired) electrons. The molecule has 176 valence electrons. The van der Waals surface area contributed by atoms with Crippen molar-refractivity contribution in [2.75, 3.05) is 18.8 Å². The van der Waals surface area contributed by atoms with E-state index in [9.17, 15) is 13.2 Å². The molecule has 2 aliphatic rings. The number of carbonyl (C=O) groups is 1. The van der Waals surface area contributed by atoms with Gasteiger partial charge in [0, 0.05) is 73.3 Å². The molecular formula is C24H29ClN4O3S. The molecule has 0 N–H and O–H groups in total. The minimum atomic E-state index is -3.60. The van der Waals surface area contributed by atoms with Gasteiger partial charge in [0.1, 0.15) is 10.9 Å². The fraction of sp³-hybridized carbons (Fsp3) is 0.500. The second-order valence-electron chi connectivity index (χ2n) is 9.18. The molecule has 0 bridgehead atoms. The van der Waals surface area contributed by atoms with Gasteiger partial charge in [-0.2, -0.15) is 0 Å². The normalized spacial score (nSPS) is 17.5. The second-order valence-corrected chi connectivity index (χ2v) is 11.7. The minimum absolute atomic E-state index is 0.00262. The van der Waals surface area contributed by atoms with Gasteiger partial charge >= 0.3 is 0 Å². The van der Waals surface area contributed by atoms with E-state index in [2.05, 4.69) is 9.55 Å². The average molecular weight is 489 g/mol. The van der Waals surface area contributed by atoms with E-state index in [4.69, 9.17) is 11.6 Å². The number of carbonyl (C=O) groups excluding carboxylic acids is 1. The molecule has 2 aliphatic heterocycles. The number of likely N-dealkylation sites (tertiary alicyclic amines) is 1. The average Bonchev–Trinajstić information content (AvgIpc) is 3.39. The molecule has 0 aliphatic carbocycles. The summed E-state index contributed by atoms with van der Waals surface area (Å²) < 4.78 is 30.0.